The van der Waals surface area contributed by atoms with Crippen LogP contribution in [-0.4, -0.2) is 30.6 Å². The van der Waals surface area contributed by atoms with E-state index in [0.717, 1.165) is 25.7 Å². The standard InChI is InChI=1S/C11H18N2O/c1-2-4-13(11-6-12-7-11)8-10-3-5-14-9-10/h3,5,9,11-12H,2,4,6-8H2,1H3. The second-order valence-corrected chi connectivity index (χ2v) is 3.91. The lowest BCUT2D eigenvalue weighted by atomic mass is 10.1. The van der Waals surface area contributed by atoms with Gasteiger partial charge in [-0.25, -0.2) is 0 Å². The van der Waals surface area contributed by atoms with Gasteiger partial charge < -0.3 is 9.73 Å². The van der Waals surface area contributed by atoms with Crippen molar-refractivity contribution in [2.24, 2.45) is 0 Å². The smallest absolute Gasteiger partial charge is 0.0947 e. The Balaban J connectivity index is 1.89. The van der Waals surface area contributed by atoms with E-state index in [9.17, 15) is 0 Å². The zero-order valence-corrected chi connectivity index (χ0v) is 8.70. The molecule has 0 atom stereocenters. The Bertz CT molecular complexity index is 254. The molecule has 0 saturated carbocycles. The van der Waals surface area contributed by atoms with Crippen molar-refractivity contribution in [3.63, 3.8) is 0 Å². The molecule has 3 heteroatoms. The number of rotatable bonds is 5. The molecular weight excluding hydrogens is 176 g/mol. The molecule has 1 fully saturated rings. The Hall–Kier alpha value is -0.800. The molecule has 1 N–H and O–H groups in total. The van der Waals surface area contributed by atoms with Gasteiger partial charge in [0.25, 0.3) is 0 Å². The zero-order valence-electron chi connectivity index (χ0n) is 8.70. The molecule has 0 aromatic carbocycles. The third-order valence-corrected chi connectivity index (χ3v) is 2.75. The highest BCUT2D eigenvalue weighted by Gasteiger charge is 2.23. The molecule has 1 aliphatic heterocycles. The minimum absolute atomic E-state index is 0.727. The first-order valence-electron chi connectivity index (χ1n) is 5.36. The zero-order chi connectivity index (χ0) is 9.80. The highest BCUT2D eigenvalue weighted by atomic mass is 16.3. The Morgan fingerprint density at radius 1 is 1.57 bits per heavy atom. The lowest BCUT2D eigenvalue weighted by molar-refractivity contribution is 0.137. The van der Waals surface area contributed by atoms with Crippen LogP contribution in [0.3, 0.4) is 0 Å². The third kappa shape index (κ3) is 2.16. The largest absolute Gasteiger partial charge is 0.472 e. The maximum Gasteiger partial charge on any atom is 0.0947 e. The van der Waals surface area contributed by atoms with E-state index in [1.165, 1.54) is 18.5 Å². The fourth-order valence-corrected chi connectivity index (χ4v) is 1.83. The summed E-state index contributed by atoms with van der Waals surface area (Å²) in [7, 11) is 0. The normalized spacial score (nSPS) is 17.3. The van der Waals surface area contributed by atoms with E-state index in [1.54, 1.807) is 6.26 Å². The molecule has 0 amide bonds. The minimum Gasteiger partial charge on any atom is -0.472 e. The number of furan rings is 1. The molecule has 78 valence electrons. The monoisotopic (exact) mass is 194 g/mol. The Morgan fingerprint density at radius 3 is 2.93 bits per heavy atom. The van der Waals surface area contributed by atoms with Gasteiger partial charge in [-0.2, -0.15) is 0 Å². The van der Waals surface area contributed by atoms with Gasteiger partial charge in [-0.05, 0) is 19.0 Å². The van der Waals surface area contributed by atoms with Crippen LogP contribution in [0.2, 0.25) is 0 Å². The molecule has 2 heterocycles. The first kappa shape index (κ1) is 9.74. The van der Waals surface area contributed by atoms with E-state index in [-0.39, 0.29) is 0 Å². The van der Waals surface area contributed by atoms with Crippen LogP contribution in [0, 0.1) is 0 Å². The van der Waals surface area contributed by atoms with Crippen LogP contribution in [0.5, 0.6) is 0 Å². The van der Waals surface area contributed by atoms with E-state index in [4.69, 9.17) is 4.42 Å². The van der Waals surface area contributed by atoms with Crippen LogP contribution in [0.25, 0.3) is 0 Å². The molecule has 1 saturated heterocycles. The maximum absolute atomic E-state index is 5.08. The van der Waals surface area contributed by atoms with Gasteiger partial charge >= 0.3 is 0 Å². The summed E-state index contributed by atoms with van der Waals surface area (Å²) in [5.41, 5.74) is 1.28. The molecule has 1 aliphatic rings. The topological polar surface area (TPSA) is 28.4 Å². The molecular formula is C11H18N2O. The number of nitrogens with zero attached hydrogens (tertiary/aromatic N) is 1. The maximum atomic E-state index is 5.08. The van der Waals surface area contributed by atoms with E-state index in [1.807, 2.05) is 6.26 Å². The Kier molecular flexibility index (Phi) is 3.22. The fraction of sp³-hybridized carbons (Fsp3) is 0.636. The summed E-state index contributed by atoms with van der Waals surface area (Å²) in [6.45, 7) is 6.71. The van der Waals surface area contributed by atoms with Gasteiger partial charge in [-0.1, -0.05) is 6.92 Å². The summed E-state index contributed by atoms with van der Waals surface area (Å²) >= 11 is 0. The van der Waals surface area contributed by atoms with Crippen LogP contribution < -0.4 is 5.32 Å². The quantitative estimate of drug-likeness (QED) is 0.769. The van der Waals surface area contributed by atoms with E-state index in [0.29, 0.717) is 0 Å². The van der Waals surface area contributed by atoms with Gasteiger partial charge in [0.1, 0.15) is 0 Å². The summed E-state index contributed by atoms with van der Waals surface area (Å²) in [5.74, 6) is 0. The summed E-state index contributed by atoms with van der Waals surface area (Å²) in [5, 5.41) is 3.31. The molecule has 0 radical (unpaired) electrons. The van der Waals surface area contributed by atoms with Crippen molar-refractivity contribution in [3.8, 4) is 0 Å². The molecule has 0 aliphatic carbocycles. The molecule has 1 aromatic heterocycles. The lowest BCUT2D eigenvalue weighted by Crippen LogP contribution is -2.56. The highest BCUT2D eigenvalue weighted by Crippen LogP contribution is 2.12. The van der Waals surface area contributed by atoms with Crippen LogP contribution in [0.15, 0.2) is 23.0 Å². The van der Waals surface area contributed by atoms with Gasteiger partial charge in [-0.15, -0.1) is 0 Å². The first-order chi connectivity index (χ1) is 6.90. The Morgan fingerprint density at radius 2 is 2.43 bits per heavy atom. The van der Waals surface area contributed by atoms with Gasteiger partial charge in [0.05, 0.1) is 12.5 Å². The van der Waals surface area contributed by atoms with Crippen LogP contribution in [0.1, 0.15) is 18.9 Å². The second kappa shape index (κ2) is 4.62. The molecule has 0 spiro atoms. The van der Waals surface area contributed by atoms with Crippen molar-refractivity contribution >= 4 is 0 Å². The SMILES string of the molecule is CCCN(Cc1ccoc1)C1CNC1. The van der Waals surface area contributed by atoms with Crippen molar-refractivity contribution in [2.45, 2.75) is 25.9 Å². The van der Waals surface area contributed by atoms with Crippen LogP contribution in [-0.2, 0) is 6.54 Å². The molecule has 3 nitrogen and oxygen atoms in total. The average molecular weight is 194 g/mol. The van der Waals surface area contributed by atoms with Gasteiger partial charge in [0.15, 0.2) is 0 Å². The number of nitrogens with one attached hydrogen (secondary N) is 1. The van der Waals surface area contributed by atoms with Gasteiger partial charge in [0.2, 0.25) is 0 Å². The highest BCUT2D eigenvalue weighted by molar-refractivity contribution is 5.05. The molecule has 14 heavy (non-hydrogen) atoms. The van der Waals surface area contributed by atoms with E-state index < -0.39 is 0 Å². The Labute approximate surface area is 85.1 Å². The first-order valence-corrected chi connectivity index (χ1v) is 5.36. The average Bonchev–Trinajstić information content (AvgIpc) is 2.54. The summed E-state index contributed by atoms with van der Waals surface area (Å²) < 4.78 is 5.08. The van der Waals surface area contributed by atoms with Gasteiger partial charge in [0, 0.05) is 31.2 Å². The van der Waals surface area contributed by atoms with E-state index >= 15 is 0 Å². The minimum atomic E-state index is 0.727. The molecule has 2 rings (SSSR count). The summed E-state index contributed by atoms with van der Waals surface area (Å²) in [6, 6.07) is 2.78. The van der Waals surface area contributed by atoms with Crippen LogP contribution >= 0.6 is 0 Å². The summed E-state index contributed by atoms with van der Waals surface area (Å²) in [6.07, 6.45) is 4.81. The van der Waals surface area contributed by atoms with Gasteiger partial charge in [-0.3, -0.25) is 4.90 Å². The lowest BCUT2D eigenvalue weighted by Gasteiger charge is -2.38. The molecule has 0 bridgehead atoms. The van der Waals surface area contributed by atoms with Crippen molar-refractivity contribution in [1.29, 1.82) is 0 Å². The van der Waals surface area contributed by atoms with Crippen molar-refractivity contribution in [2.75, 3.05) is 19.6 Å². The molecule has 1 aromatic rings. The third-order valence-electron chi connectivity index (χ3n) is 2.75. The van der Waals surface area contributed by atoms with Crippen LogP contribution in [0.4, 0.5) is 0 Å². The summed E-state index contributed by atoms with van der Waals surface area (Å²) in [4.78, 5) is 2.53. The van der Waals surface area contributed by atoms with Crippen molar-refractivity contribution in [1.82, 2.24) is 10.2 Å². The number of hydrogen-bond acceptors (Lipinski definition) is 3. The fourth-order valence-electron chi connectivity index (χ4n) is 1.83. The van der Waals surface area contributed by atoms with E-state index in [2.05, 4.69) is 23.2 Å². The van der Waals surface area contributed by atoms with Crippen molar-refractivity contribution < 1.29 is 4.42 Å². The van der Waals surface area contributed by atoms with Crippen molar-refractivity contribution in [3.05, 3.63) is 24.2 Å². The second-order valence-electron chi connectivity index (χ2n) is 3.91. The number of hydrogen-bond donors (Lipinski definition) is 1. The predicted octanol–water partition coefficient (Wildman–Crippen LogP) is 1.46. The molecule has 0 unspecified atom stereocenters. The predicted molar refractivity (Wildman–Crippen MR) is 56.1 cm³/mol.